The molecule has 0 radical (unpaired) electrons. The second-order valence-electron chi connectivity index (χ2n) is 7.21. The zero-order chi connectivity index (χ0) is 19.8. The average Bonchev–Trinajstić information content (AvgIpc) is 3.37. The number of hydrogen-bond acceptors (Lipinski definition) is 0. The van der Waals surface area contributed by atoms with Crippen LogP contribution in [0.4, 0.5) is 0 Å². The average molecular weight is 519 g/mol. The smallest absolute Gasteiger partial charge is 0.0533 e. The van der Waals surface area contributed by atoms with Crippen molar-refractivity contribution in [2.24, 2.45) is 0 Å². The molecule has 1 aliphatic rings. The number of fused-ring (bicyclic) bond motifs is 3. The van der Waals surface area contributed by atoms with Gasteiger partial charge in [-0.05, 0) is 0 Å². The van der Waals surface area contributed by atoms with Crippen LogP contribution in [0.2, 0.25) is 0 Å². The molecule has 4 aromatic carbocycles. The first-order valence-corrected chi connectivity index (χ1v) is 18.0. The summed E-state index contributed by atoms with van der Waals surface area (Å²) in [7, 11) is 10.3. The summed E-state index contributed by atoms with van der Waals surface area (Å²) in [5.74, 6) is 0.888. The standard InChI is InChI=1S/C13H9.C11H15.2CH3.CH2.2ClH.Zr/c1-3-7-12-10(5-1)9-11-6-2-4-8-13(11)12;1-2-6-10(7-3-1)11-8-4-5-9-11;;;;;;/h1-9H;4-5,8-10H,1-3,6-7H2;2*1H3;1H2;2*1H;/q4*-1;;;;+2/p-2. The fourth-order valence-electron chi connectivity index (χ4n) is 4.00. The Balaban J connectivity index is 0.000000244. The minimum atomic E-state index is -1.85. The Labute approximate surface area is 197 Å². The maximum atomic E-state index is 5.13. The molecule has 0 amide bonds. The van der Waals surface area contributed by atoms with Gasteiger partial charge >= 0.3 is 40.1 Å². The van der Waals surface area contributed by atoms with Crippen LogP contribution >= 0.6 is 17.0 Å². The predicted molar refractivity (Wildman–Crippen MR) is 137 cm³/mol. The molecule has 0 aromatic heterocycles. The third-order valence-electron chi connectivity index (χ3n) is 5.29. The molecule has 1 aliphatic carbocycles. The van der Waals surface area contributed by atoms with Crippen molar-refractivity contribution in [1.29, 1.82) is 0 Å². The van der Waals surface area contributed by atoms with Gasteiger partial charge in [0.1, 0.15) is 0 Å². The van der Waals surface area contributed by atoms with E-state index in [9.17, 15) is 0 Å². The van der Waals surface area contributed by atoms with Gasteiger partial charge in [-0.3, -0.25) is 0 Å². The molecule has 1 fully saturated rings. The molecule has 0 atom stereocenters. The van der Waals surface area contributed by atoms with Gasteiger partial charge in [0, 0.05) is 0 Å². The number of halogens is 2. The van der Waals surface area contributed by atoms with Crippen molar-refractivity contribution in [1.82, 2.24) is 0 Å². The molecular formula is C27H32Cl2Zr-4. The molecule has 1 saturated carbocycles. The van der Waals surface area contributed by atoms with Gasteiger partial charge in [0.2, 0.25) is 0 Å². The van der Waals surface area contributed by atoms with E-state index in [-0.39, 0.29) is 14.9 Å². The minimum absolute atomic E-state index is 0. The Morgan fingerprint density at radius 1 is 0.800 bits per heavy atom. The maximum Gasteiger partial charge on any atom is -0.0533 e. The van der Waals surface area contributed by atoms with Gasteiger partial charge < -0.3 is 14.9 Å². The van der Waals surface area contributed by atoms with Crippen molar-refractivity contribution in [3.05, 3.63) is 99.3 Å². The fourth-order valence-corrected chi connectivity index (χ4v) is 4.00. The summed E-state index contributed by atoms with van der Waals surface area (Å²) in [6.45, 7) is 0. The molecule has 4 aromatic rings. The van der Waals surface area contributed by atoms with Crippen LogP contribution in [0.15, 0.2) is 78.9 Å². The van der Waals surface area contributed by atoms with E-state index in [2.05, 4.69) is 83.1 Å². The van der Waals surface area contributed by atoms with Gasteiger partial charge in [0.25, 0.3) is 0 Å². The molecule has 0 aliphatic heterocycles. The van der Waals surface area contributed by atoms with Crippen LogP contribution in [0.25, 0.3) is 21.5 Å². The van der Waals surface area contributed by atoms with E-state index in [0.717, 1.165) is 5.92 Å². The third kappa shape index (κ3) is 7.92. The Bertz CT molecular complexity index is 938. The van der Waals surface area contributed by atoms with Crippen LogP contribution in [0.1, 0.15) is 43.6 Å². The van der Waals surface area contributed by atoms with E-state index in [1.54, 1.807) is 5.56 Å². The topological polar surface area (TPSA) is 0 Å². The van der Waals surface area contributed by atoms with Gasteiger partial charge in [-0.25, -0.2) is 6.07 Å². The van der Waals surface area contributed by atoms with Crippen molar-refractivity contribution in [2.45, 2.75) is 38.0 Å². The van der Waals surface area contributed by atoms with Gasteiger partial charge in [-0.2, -0.15) is 23.8 Å². The molecule has 0 bridgehead atoms. The molecular weight excluding hydrogens is 486 g/mol. The summed E-state index contributed by atoms with van der Waals surface area (Å²) in [5.41, 5.74) is 1.57. The van der Waals surface area contributed by atoms with E-state index >= 15 is 0 Å². The van der Waals surface area contributed by atoms with E-state index in [4.69, 9.17) is 17.0 Å². The van der Waals surface area contributed by atoms with E-state index in [1.165, 1.54) is 53.6 Å². The minimum Gasteiger partial charge on any atom is -0.358 e. The molecule has 0 heterocycles. The SMILES string of the molecule is [CH2]=[Zr]([Cl])[Cl].[CH3-].[CH3-].c1cc(C2CCCCC2)c[cH-]1.c1ccc2c(c1)[cH-]c1ccccc12. The van der Waals surface area contributed by atoms with Crippen molar-refractivity contribution in [2.75, 3.05) is 0 Å². The van der Waals surface area contributed by atoms with Crippen LogP contribution < -0.4 is 0 Å². The zero-order valence-corrected chi connectivity index (χ0v) is 22.1. The molecule has 3 heteroatoms. The summed E-state index contributed by atoms with van der Waals surface area (Å²) in [6.07, 6.45) is 7.18. The van der Waals surface area contributed by atoms with Crippen molar-refractivity contribution < 1.29 is 18.9 Å². The molecule has 5 rings (SSSR count). The molecule has 0 saturated heterocycles. The monoisotopic (exact) mass is 516 g/mol. The quantitative estimate of drug-likeness (QED) is 0.220. The number of benzene rings is 2. The Morgan fingerprint density at radius 2 is 1.30 bits per heavy atom. The molecule has 0 spiro atoms. The van der Waals surface area contributed by atoms with Gasteiger partial charge in [-0.1, -0.05) is 74.4 Å². The largest absolute Gasteiger partial charge is 0.358 e. The summed E-state index contributed by atoms with van der Waals surface area (Å²) in [6, 6.07) is 28.1. The fraction of sp³-hybridized carbons (Fsp3) is 0.222. The predicted octanol–water partition coefficient (Wildman–Crippen LogP) is 9.41. The van der Waals surface area contributed by atoms with Crippen LogP contribution in [0.3, 0.4) is 0 Å². The van der Waals surface area contributed by atoms with E-state index in [0.29, 0.717) is 0 Å². The first-order chi connectivity index (χ1) is 13.6. The normalized spacial score (nSPS) is 13.1. The third-order valence-corrected chi connectivity index (χ3v) is 5.29. The second kappa shape index (κ2) is 14.1. The maximum absolute atomic E-state index is 5.13. The first-order valence-electron chi connectivity index (χ1n) is 9.90. The summed E-state index contributed by atoms with van der Waals surface area (Å²) >= 11 is -1.85. The van der Waals surface area contributed by atoms with Crippen LogP contribution in [0.5, 0.6) is 0 Å². The summed E-state index contributed by atoms with van der Waals surface area (Å²) in [4.78, 5) is 0. The first kappa shape index (κ1) is 27.0. The van der Waals surface area contributed by atoms with E-state index in [1.807, 2.05) is 0 Å². The van der Waals surface area contributed by atoms with Crippen LogP contribution in [0, 0.1) is 14.9 Å². The second-order valence-corrected chi connectivity index (χ2v) is 15.4. The number of hydrogen-bond donors (Lipinski definition) is 0. The van der Waals surface area contributed by atoms with Crippen molar-refractivity contribution >= 4 is 42.8 Å². The Morgan fingerprint density at radius 3 is 1.77 bits per heavy atom. The summed E-state index contributed by atoms with van der Waals surface area (Å²) in [5, 5.41) is 5.39. The van der Waals surface area contributed by atoms with Gasteiger partial charge in [-0.15, -0.1) is 39.7 Å². The summed E-state index contributed by atoms with van der Waals surface area (Å²) < 4.78 is 3.37. The number of rotatable bonds is 1. The molecule has 0 nitrogen and oxygen atoms in total. The molecule has 0 N–H and O–H groups in total. The Kier molecular flexibility index (Phi) is 12.7. The molecule has 30 heavy (non-hydrogen) atoms. The van der Waals surface area contributed by atoms with Gasteiger partial charge in [0.05, 0.1) is 0 Å². The van der Waals surface area contributed by atoms with E-state index < -0.39 is 18.9 Å². The zero-order valence-electron chi connectivity index (χ0n) is 18.1. The molecule has 162 valence electrons. The van der Waals surface area contributed by atoms with Crippen molar-refractivity contribution in [3.63, 3.8) is 0 Å². The van der Waals surface area contributed by atoms with Crippen LogP contribution in [-0.4, -0.2) is 4.21 Å². The van der Waals surface area contributed by atoms with Crippen LogP contribution in [-0.2, 0) is 18.9 Å². The Hall–Kier alpha value is -1.01. The van der Waals surface area contributed by atoms with Gasteiger partial charge in [0.15, 0.2) is 0 Å². The van der Waals surface area contributed by atoms with Crippen molar-refractivity contribution in [3.8, 4) is 0 Å². The molecule has 0 unspecified atom stereocenters.